The summed E-state index contributed by atoms with van der Waals surface area (Å²) in [7, 11) is 0. The molecule has 2 unspecified atom stereocenters. The molecule has 0 saturated carbocycles. The lowest BCUT2D eigenvalue weighted by Gasteiger charge is -2.17. The first-order valence-corrected chi connectivity index (χ1v) is 6.46. The van der Waals surface area contributed by atoms with Crippen LogP contribution in [0.3, 0.4) is 0 Å². The monoisotopic (exact) mass is 275 g/mol. The van der Waals surface area contributed by atoms with Crippen LogP contribution >= 0.6 is 27.3 Å². The van der Waals surface area contributed by atoms with Crippen molar-refractivity contribution in [3.63, 3.8) is 0 Å². The minimum Gasteiger partial charge on any atom is -0.395 e. The first kappa shape index (κ1) is 10.6. The SMILES string of the molecule is CC(CO)NC1CCc2sc(Br)cc21. The molecule has 1 aromatic heterocycles. The lowest BCUT2D eigenvalue weighted by Crippen LogP contribution is -2.31. The molecular formula is C10H14BrNOS. The highest BCUT2D eigenvalue weighted by molar-refractivity contribution is 9.11. The van der Waals surface area contributed by atoms with E-state index in [0.29, 0.717) is 6.04 Å². The Morgan fingerprint density at radius 2 is 2.57 bits per heavy atom. The van der Waals surface area contributed by atoms with Gasteiger partial charge in [0.1, 0.15) is 0 Å². The Hall–Kier alpha value is 0.100. The summed E-state index contributed by atoms with van der Waals surface area (Å²) in [5, 5.41) is 12.4. The number of aryl methyl sites for hydroxylation is 1. The van der Waals surface area contributed by atoms with Crippen molar-refractivity contribution in [2.75, 3.05) is 6.61 Å². The summed E-state index contributed by atoms with van der Waals surface area (Å²) in [6.45, 7) is 2.22. The van der Waals surface area contributed by atoms with Gasteiger partial charge < -0.3 is 10.4 Å². The summed E-state index contributed by atoms with van der Waals surface area (Å²) < 4.78 is 1.21. The zero-order valence-corrected chi connectivity index (χ0v) is 10.5. The Balaban J connectivity index is 2.09. The molecule has 4 heteroatoms. The molecule has 0 saturated heterocycles. The van der Waals surface area contributed by atoms with Crippen molar-refractivity contribution in [3.8, 4) is 0 Å². The molecule has 14 heavy (non-hydrogen) atoms. The average Bonchev–Trinajstić information content (AvgIpc) is 2.67. The zero-order chi connectivity index (χ0) is 10.1. The number of thiophene rings is 1. The van der Waals surface area contributed by atoms with Crippen LogP contribution in [-0.4, -0.2) is 17.8 Å². The number of aliphatic hydroxyl groups is 1. The van der Waals surface area contributed by atoms with E-state index in [1.54, 1.807) is 0 Å². The summed E-state index contributed by atoms with van der Waals surface area (Å²) >= 11 is 5.34. The Bertz CT molecular complexity index is 326. The van der Waals surface area contributed by atoms with E-state index >= 15 is 0 Å². The molecule has 1 heterocycles. The molecule has 0 amide bonds. The van der Waals surface area contributed by atoms with E-state index in [9.17, 15) is 0 Å². The lowest BCUT2D eigenvalue weighted by molar-refractivity contribution is 0.240. The van der Waals surface area contributed by atoms with Crippen LogP contribution in [-0.2, 0) is 6.42 Å². The average molecular weight is 276 g/mol. The second-order valence-corrected chi connectivity index (χ2v) is 6.29. The fraction of sp³-hybridized carbons (Fsp3) is 0.600. The fourth-order valence-electron chi connectivity index (χ4n) is 1.90. The highest BCUT2D eigenvalue weighted by Crippen LogP contribution is 2.39. The molecule has 2 N–H and O–H groups in total. The van der Waals surface area contributed by atoms with Crippen LogP contribution in [0.2, 0.25) is 0 Å². The maximum atomic E-state index is 8.98. The highest BCUT2D eigenvalue weighted by Gasteiger charge is 2.25. The van der Waals surface area contributed by atoms with Gasteiger partial charge in [-0.05, 0) is 47.3 Å². The zero-order valence-electron chi connectivity index (χ0n) is 8.09. The third-order valence-corrected chi connectivity index (χ3v) is 4.32. The highest BCUT2D eigenvalue weighted by atomic mass is 79.9. The summed E-state index contributed by atoms with van der Waals surface area (Å²) in [6, 6.07) is 2.83. The fourth-order valence-corrected chi connectivity index (χ4v) is 3.69. The quantitative estimate of drug-likeness (QED) is 0.889. The van der Waals surface area contributed by atoms with Gasteiger partial charge in [-0.2, -0.15) is 0 Å². The van der Waals surface area contributed by atoms with E-state index in [2.05, 4.69) is 27.3 Å². The van der Waals surface area contributed by atoms with Gasteiger partial charge in [0.25, 0.3) is 0 Å². The molecule has 2 atom stereocenters. The standard InChI is InChI=1S/C10H14BrNOS/c1-6(5-13)12-8-2-3-9-7(8)4-10(11)14-9/h4,6,8,12-13H,2-3,5H2,1H3. The third kappa shape index (κ3) is 2.03. The van der Waals surface area contributed by atoms with Crippen LogP contribution < -0.4 is 5.32 Å². The van der Waals surface area contributed by atoms with Gasteiger partial charge in [-0.3, -0.25) is 0 Å². The predicted octanol–water partition coefficient (Wildman–Crippen LogP) is 2.47. The number of fused-ring (bicyclic) bond motifs is 1. The van der Waals surface area contributed by atoms with Crippen molar-refractivity contribution in [2.45, 2.75) is 31.8 Å². The van der Waals surface area contributed by atoms with Crippen molar-refractivity contribution < 1.29 is 5.11 Å². The molecular weight excluding hydrogens is 262 g/mol. The normalized spacial score (nSPS) is 22.4. The van der Waals surface area contributed by atoms with Crippen LogP contribution in [0.15, 0.2) is 9.85 Å². The number of rotatable bonds is 3. The molecule has 78 valence electrons. The molecule has 0 spiro atoms. The minimum atomic E-state index is 0.185. The number of halogens is 1. The largest absolute Gasteiger partial charge is 0.395 e. The van der Waals surface area contributed by atoms with Crippen LogP contribution in [0, 0.1) is 0 Å². The summed E-state index contributed by atoms with van der Waals surface area (Å²) in [5.41, 5.74) is 1.42. The van der Waals surface area contributed by atoms with Gasteiger partial charge >= 0.3 is 0 Å². The van der Waals surface area contributed by atoms with Crippen LogP contribution in [0.25, 0.3) is 0 Å². The Kier molecular flexibility index (Phi) is 3.27. The Morgan fingerprint density at radius 3 is 3.29 bits per heavy atom. The van der Waals surface area contributed by atoms with Gasteiger partial charge in [-0.25, -0.2) is 0 Å². The molecule has 0 bridgehead atoms. The van der Waals surface area contributed by atoms with Gasteiger partial charge in [0.2, 0.25) is 0 Å². The smallest absolute Gasteiger partial charge is 0.0704 e. The number of aliphatic hydroxyl groups excluding tert-OH is 1. The van der Waals surface area contributed by atoms with Gasteiger partial charge in [0.15, 0.2) is 0 Å². The van der Waals surface area contributed by atoms with Gasteiger partial charge in [0, 0.05) is 17.0 Å². The van der Waals surface area contributed by atoms with Crippen LogP contribution in [0.1, 0.15) is 29.8 Å². The van der Waals surface area contributed by atoms with E-state index in [1.165, 1.54) is 27.1 Å². The molecule has 0 aliphatic heterocycles. The van der Waals surface area contributed by atoms with Crippen molar-refractivity contribution >= 4 is 27.3 Å². The summed E-state index contributed by atoms with van der Waals surface area (Å²) in [6.07, 6.45) is 2.33. The Labute approximate surface area is 96.5 Å². The number of nitrogens with one attached hydrogen (secondary N) is 1. The van der Waals surface area contributed by atoms with Crippen molar-refractivity contribution in [1.82, 2.24) is 5.32 Å². The van der Waals surface area contributed by atoms with E-state index < -0.39 is 0 Å². The van der Waals surface area contributed by atoms with E-state index in [1.807, 2.05) is 18.3 Å². The topological polar surface area (TPSA) is 32.3 Å². The van der Waals surface area contributed by atoms with Crippen molar-refractivity contribution in [2.24, 2.45) is 0 Å². The molecule has 1 aliphatic rings. The van der Waals surface area contributed by atoms with Crippen LogP contribution in [0.5, 0.6) is 0 Å². The minimum absolute atomic E-state index is 0.185. The maximum Gasteiger partial charge on any atom is 0.0704 e. The second-order valence-electron chi connectivity index (χ2n) is 3.77. The van der Waals surface area contributed by atoms with E-state index in [-0.39, 0.29) is 12.6 Å². The first-order valence-electron chi connectivity index (χ1n) is 4.85. The number of hydrogen-bond acceptors (Lipinski definition) is 3. The maximum absolute atomic E-state index is 8.98. The lowest BCUT2D eigenvalue weighted by atomic mass is 10.1. The van der Waals surface area contributed by atoms with Gasteiger partial charge in [0.05, 0.1) is 10.4 Å². The first-order chi connectivity index (χ1) is 6.70. The number of hydrogen-bond donors (Lipinski definition) is 2. The van der Waals surface area contributed by atoms with Crippen molar-refractivity contribution in [3.05, 3.63) is 20.3 Å². The molecule has 0 aromatic carbocycles. The Morgan fingerprint density at radius 1 is 1.79 bits per heavy atom. The summed E-state index contributed by atoms with van der Waals surface area (Å²) in [4.78, 5) is 1.49. The van der Waals surface area contributed by atoms with E-state index in [4.69, 9.17) is 5.11 Å². The van der Waals surface area contributed by atoms with Gasteiger partial charge in [-0.1, -0.05) is 0 Å². The predicted molar refractivity (Wildman–Crippen MR) is 62.8 cm³/mol. The van der Waals surface area contributed by atoms with Crippen LogP contribution in [0.4, 0.5) is 0 Å². The van der Waals surface area contributed by atoms with Gasteiger partial charge in [-0.15, -0.1) is 11.3 Å². The van der Waals surface area contributed by atoms with Crippen molar-refractivity contribution in [1.29, 1.82) is 0 Å². The third-order valence-electron chi connectivity index (χ3n) is 2.61. The second kappa shape index (κ2) is 4.31. The molecule has 1 aliphatic carbocycles. The van der Waals surface area contributed by atoms with E-state index in [0.717, 1.165) is 0 Å². The molecule has 2 nitrogen and oxygen atoms in total. The molecule has 0 fully saturated rings. The molecule has 1 aromatic rings. The molecule has 0 radical (unpaired) electrons. The molecule has 2 rings (SSSR count). The summed E-state index contributed by atoms with van der Waals surface area (Å²) in [5.74, 6) is 0.